The molecule has 0 aliphatic rings. The van der Waals surface area contributed by atoms with Crippen molar-refractivity contribution in [3.63, 3.8) is 0 Å². The minimum Gasteiger partial charge on any atom is -0.465 e. The number of carbonyl (C=O) groups is 1. The molecule has 0 aromatic carbocycles. The Morgan fingerprint density at radius 2 is 2.29 bits per heavy atom. The van der Waals surface area contributed by atoms with Crippen molar-refractivity contribution in [2.45, 2.75) is 19.4 Å². The summed E-state index contributed by atoms with van der Waals surface area (Å²) in [6.45, 7) is 2.61. The minimum absolute atomic E-state index is 0.146. The van der Waals surface area contributed by atoms with Crippen molar-refractivity contribution in [1.82, 2.24) is 4.98 Å². The molecule has 17 heavy (non-hydrogen) atoms. The van der Waals surface area contributed by atoms with Crippen molar-refractivity contribution in [1.29, 1.82) is 0 Å². The normalized spacial score (nSPS) is 12.2. The summed E-state index contributed by atoms with van der Waals surface area (Å²) >= 11 is 7.03. The smallest absolute Gasteiger partial charge is 0.351 e. The number of hydrogen-bond acceptors (Lipinski definition) is 6. The fourth-order valence-electron chi connectivity index (χ4n) is 1.22. The average molecular weight is 279 g/mol. The predicted octanol–water partition coefficient (Wildman–Crippen LogP) is 2.42. The van der Waals surface area contributed by atoms with E-state index in [0.717, 1.165) is 6.42 Å². The van der Waals surface area contributed by atoms with Gasteiger partial charge in [0.15, 0.2) is 15.2 Å². The molecular formula is C10H15ClN2O3S. The summed E-state index contributed by atoms with van der Waals surface area (Å²) in [4.78, 5) is 15.7. The van der Waals surface area contributed by atoms with Gasteiger partial charge in [-0.25, -0.2) is 9.78 Å². The number of nitrogens with zero attached hydrogens (tertiary/aromatic N) is 1. The number of aromatic nitrogens is 1. The Morgan fingerprint density at radius 3 is 2.82 bits per heavy atom. The molecule has 1 N–H and O–H groups in total. The molecule has 0 saturated heterocycles. The lowest BCUT2D eigenvalue weighted by molar-refractivity contribution is 0.0606. The maximum atomic E-state index is 11.3. The first kappa shape index (κ1) is 14.2. The number of carbonyl (C=O) groups excluding carboxylic acids is 1. The standard InChI is InChI=1S/C10H15ClN2O3S/c1-4-6(5-15-2)12-10-13-8(11)7(17-10)9(14)16-3/h6H,4-5H2,1-3H3,(H,12,13). The van der Waals surface area contributed by atoms with Crippen LogP contribution in [0.3, 0.4) is 0 Å². The van der Waals surface area contributed by atoms with Crippen LogP contribution in [0.5, 0.6) is 0 Å². The first-order valence-electron chi connectivity index (χ1n) is 5.12. The molecule has 5 nitrogen and oxygen atoms in total. The second kappa shape index (κ2) is 6.78. The summed E-state index contributed by atoms with van der Waals surface area (Å²) in [6.07, 6.45) is 0.887. The van der Waals surface area contributed by atoms with Gasteiger partial charge in [0.25, 0.3) is 0 Å². The van der Waals surface area contributed by atoms with Crippen molar-refractivity contribution in [3.05, 3.63) is 10.0 Å². The molecule has 0 fully saturated rings. The van der Waals surface area contributed by atoms with Gasteiger partial charge in [-0.05, 0) is 6.42 Å². The van der Waals surface area contributed by atoms with Crippen LogP contribution in [0.1, 0.15) is 23.0 Å². The van der Waals surface area contributed by atoms with Crippen LogP contribution in [0.25, 0.3) is 0 Å². The van der Waals surface area contributed by atoms with Gasteiger partial charge in [0, 0.05) is 7.11 Å². The highest BCUT2D eigenvalue weighted by molar-refractivity contribution is 7.18. The zero-order chi connectivity index (χ0) is 12.8. The summed E-state index contributed by atoms with van der Waals surface area (Å²) in [6, 6.07) is 0.146. The quantitative estimate of drug-likeness (QED) is 0.810. The van der Waals surface area contributed by atoms with Gasteiger partial charge >= 0.3 is 5.97 Å². The summed E-state index contributed by atoms with van der Waals surface area (Å²) in [7, 11) is 2.95. The number of rotatable bonds is 6. The second-order valence-electron chi connectivity index (χ2n) is 3.34. The van der Waals surface area contributed by atoms with Gasteiger partial charge < -0.3 is 14.8 Å². The Balaban J connectivity index is 2.75. The first-order valence-corrected chi connectivity index (χ1v) is 6.31. The minimum atomic E-state index is -0.472. The van der Waals surface area contributed by atoms with Gasteiger partial charge in [-0.3, -0.25) is 0 Å². The van der Waals surface area contributed by atoms with E-state index in [-0.39, 0.29) is 11.2 Å². The highest BCUT2D eigenvalue weighted by atomic mass is 35.5. The lowest BCUT2D eigenvalue weighted by Gasteiger charge is -2.14. The van der Waals surface area contributed by atoms with E-state index in [1.165, 1.54) is 18.4 Å². The molecule has 1 aromatic heterocycles. The lowest BCUT2D eigenvalue weighted by Crippen LogP contribution is -2.23. The zero-order valence-electron chi connectivity index (χ0n) is 9.95. The largest absolute Gasteiger partial charge is 0.465 e. The van der Waals surface area contributed by atoms with E-state index in [1.54, 1.807) is 7.11 Å². The fraction of sp³-hybridized carbons (Fsp3) is 0.600. The molecule has 1 rings (SSSR count). The fourth-order valence-corrected chi connectivity index (χ4v) is 2.40. The number of methoxy groups -OCH3 is 2. The molecule has 0 spiro atoms. The van der Waals surface area contributed by atoms with E-state index < -0.39 is 5.97 Å². The van der Waals surface area contributed by atoms with Gasteiger partial charge in [0.05, 0.1) is 19.8 Å². The van der Waals surface area contributed by atoms with Crippen molar-refractivity contribution < 1.29 is 14.3 Å². The van der Waals surface area contributed by atoms with Crippen LogP contribution in [-0.4, -0.2) is 37.8 Å². The molecular weight excluding hydrogens is 264 g/mol. The maximum Gasteiger partial charge on any atom is 0.351 e. The zero-order valence-corrected chi connectivity index (χ0v) is 11.5. The molecule has 0 radical (unpaired) electrons. The highest BCUT2D eigenvalue weighted by Gasteiger charge is 2.18. The van der Waals surface area contributed by atoms with E-state index in [0.29, 0.717) is 16.6 Å². The molecule has 1 heterocycles. The number of anilines is 1. The van der Waals surface area contributed by atoms with E-state index >= 15 is 0 Å². The van der Waals surface area contributed by atoms with Crippen LogP contribution >= 0.6 is 22.9 Å². The van der Waals surface area contributed by atoms with Gasteiger partial charge in [-0.1, -0.05) is 29.9 Å². The molecule has 7 heteroatoms. The van der Waals surface area contributed by atoms with Gasteiger partial charge in [-0.2, -0.15) is 0 Å². The topological polar surface area (TPSA) is 60.5 Å². The van der Waals surface area contributed by atoms with Crippen LogP contribution in [-0.2, 0) is 9.47 Å². The average Bonchev–Trinajstić information content (AvgIpc) is 2.68. The molecule has 1 aromatic rings. The summed E-state index contributed by atoms with van der Waals surface area (Å²) in [5.41, 5.74) is 0. The summed E-state index contributed by atoms with van der Waals surface area (Å²) in [5, 5.41) is 3.92. The molecule has 1 atom stereocenters. The molecule has 0 amide bonds. The van der Waals surface area contributed by atoms with Crippen molar-refractivity contribution >= 4 is 34.0 Å². The van der Waals surface area contributed by atoms with E-state index in [2.05, 4.69) is 15.0 Å². The summed E-state index contributed by atoms with van der Waals surface area (Å²) < 4.78 is 9.67. The predicted molar refractivity (Wildman–Crippen MR) is 68.0 cm³/mol. The Kier molecular flexibility index (Phi) is 5.67. The Morgan fingerprint density at radius 1 is 1.59 bits per heavy atom. The maximum absolute atomic E-state index is 11.3. The van der Waals surface area contributed by atoms with Crippen molar-refractivity contribution in [2.24, 2.45) is 0 Å². The van der Waals surface area contributed by atoms with Crippen LogP contribution in [0.2, 0.25) is 5.15 Å². The molecule has 96 valence electrons. The molecule has 0 saturated carbocycles. The number of esters is 1. The van der Waals surface area contributed by atoms with E-state index in [4.69, 9.17) is 16.3 Å². The van der Waals surface area contributed by atoms with Crippen LogP contribution in [0.15, 0.2) is 0 Å². The number of halogens is 1. The third kappa shape index (κ3) is 3.83. The Hall–Kier alpha value is -0.850. The summed E-state index contributed by atoms with van der Waals surface area (Å²) in [5.74, 6) is -0.472. The molecule has 0 aliphatic heterocycles. The van der Waals surface area contributed by atoms with Gasteiger partial charge in [0.1, 0.15) is 0 Å². The van der Waals surface area contributed by atoms with Crippen LogP contribution < -0.4 is 5.32 Å². The number of hydrogen-bond donors (Lipinski definition) is 1. The lowest BCUT2D eigenvalue weighted by atomic mass is 10.2. The van der Waals surface area contributed by atoms with Crippen LogP contribution in [0, 0.1) is 0 Å². The van der Waals surface area contributed by atoms with Crippen molar-refractivity contribution in [3.8, 4) is 0 Å². The Bertz CT molecular complexity index is 384. The monoisotopic (exact) mass is 278 g/mol. The van der Waals surface area contributed by atoms with E-state index in [9.17, 15) is 4.79 Å². The molecule has 0 aliphatic carbocycles. The third-order valence-electron chi connectivity index (χ3n) is 2.14. The molecule has 1 unspecified atom stereocenters. The number of ether oxygens (including phenoxy) is 2. The highest BCUT2D eigenvalue weighted by Crippen LogP contribution is 2.28. The van der Waals surface area contributed by atoms with Crippen molar-refractivity contribution in [2.75, 3.05) is 26.1 Å². The SMILES string of the molecule is CCC(COC)Nc1nc(Cl)c(C(=O)OC)s1. The molecule has 0 bridgehead atoms. The third-order valence-corrected chi connectivity index (χ3v) is 3.50. The second-order valence-corrected chi connectivity index (χ2v) is 4.69. The number of nitrogens with one attached hydrogen (secondary N) is 1. The number of thiazole rings is 1. The van der Waals surface area contributed by atoms with Crippen LogP contribution in [0.4, 0.5) is 5.13 Å². The van der Waals surface area contributed by atoms with Gasteiger partial charge in [-0.15, -0.1) is 0 Å². The first-order chi connectivity index (χ1) is 8.12. The van der Waals surface area contributed by atoms with Gasteiger partial charge in [0.2, 0.25) is 0 Å². The van der Waals surface area contributed by atoms with E-state index in [1.807, 2.05) is 6.92 Å². The Labute approximate surface area is 109 Å².